The van der Waals surface area contributed by atoms with Crippen LogP contribution in [0.5, 0.6) is 17.2 Å². The Morgan fingerprint density at radius 2 is 1.75 bits per heavy atom. The maximum atomic E-state index is 14.1. The van der Waals surface area contributed by atoms with Gasteiger partial charge in [0, 0.05) is 106 Å². The number of benzene rings is 3. The molecule has 4 aliphatic rings. The summed E-state index contributed by atoms with van der Waals surface area (Å²) in [6, 6.07) is 18.8. The lowest BCUT2D eigenvalue weighted by atomic mass is 9.72. The summed E-state index contributed by atoms with van der Waals surface area (Å²) in [6.45, 7) is 12.9. The Bertz CT molecular complexity index is 2750. The van der Waals surface area contributed by atoms with Crippen LogP contribution in [0.15, 0.2) is 89.6 Å². The number of pyridine rings is 1. The number of piperazine rings is 2. The number of ether oxygens (including phenoxy) is 2. The first kappa shape index (κ1) is 44.5. The topological polar surface area (TPSA) is 179 Å². The molecule has 0 unspecified atom stereocenters. The molecule has 0 saturated carbocycles. The van der Waals surface area contributed by atoms with Crippen LogP contribution in [0, 0.1) is 15.5 Å². The summed E-state index contributed by atoms with van der Waals surface area (Å²) in [6.07, 6.45) is 6.47. The van der Waals surface area contributed by atoms with Crippen LogP contribution >= 0.6 is 11.6 Å². The van der Waals surface area contributed by atoms with Gasteiger partial charge in [0.2, 0.25) is 0 Å². The summed E-state index contributed by atoms with van der Waals surface area (Å²) in [5.41, 5.74) is 5.36. The highest BCUT2D eigenvalue weighted by Gasteiger charge is 2.34. The van der Waals surface area contributed by atoms with E-state index in [0.717, 1.165) is 100 Å². The molecule has 1 amide bonds. The van der Waals surface area contributed by atoms with Gasteiger partial charge >= 0.3 is 0 Å². The monoisotopic (exact) mass is 923 g/mol. The molecule has 3 aromatic carbocycles. The van der Waals surface area contributed by atoms with Crippen LogP contribution in [0.3, 0.4) is 0 Å². The number of nitro benzene ring substituents is 1. The molecule has 342 valence electrons. The van der Waals surface area contributed by atoms with Gasteiger partial charge in [-0.1, -0.05) is 43.2 Å². The number of nitrogens with one attached hydrogen (secondary N) is 3. The first-order valence-electron chi connectivity index (χ1n) is 22.1. The molecule has 0 radical (unpaired) electrons. The zero-order valence-corrected chi connectivity index (χ0v) is 38.4. The molecule has 1 aliphatic carbocycles. The van der Waals surface area contributed by atoms with Gasteiger partial charge in [0.15, 0.2) is 11.4 Å². The Labute approximate surface area is 383 Å². The Hall–Kier alpha value is -5.72. The second-order valence-electron chi connectivity index (χ2n) is 18.3. The average molecular weight is 925 g/mol. The zero-order valence-electron chi connectivity index (χ0n) is 36.8. The SMILES string of the molecule is CN1CCN(C[C@H]2COc3cc(S(=O)(=O)NC(=O)c4ccc(N5CCN(CC6=C(c7ccc(Cl)cc7)CC(C)(C)CC6)CC5)cc4Oc4cnc5[nH]ccc5c4)cc([N+](=O)[O-])c3N2)CC1. The molecule has 9 rings (SSSR count). The number of sulfonamides is 1. The van der Waals surface area contributed by atoms with Crippen LogP contribution in [0.2, 0.25) is 5.02 Å². The normalized spacial score (nSPS) is 19.6. The lowest BCUT2D eigenvalue weighted by Crippen LogP contribution is -2.50. The van der Waals surface area contributed by atoms with Gasteiger partial charge in [-0.3, -0.25) is 24.7 Å². The maximum Gasteiger partial charge on any atom is 0.297 e. The van der Waals surface area contributed by atoms with Crippen LogP contribution in [-0.2, 0) is 10.0 Å². The number of hydrogen-bond donors (Lipinski definition) is 3. The summed E-state index contributed by atoms with van der Waals surface area (Å²) >= 11 is 6.25. The van der Waals surface area contributed by atoms with Crippen molar-refractivity contribution in [2.45, 2.75) is 44.0 Å². The summed E-state index contributed by atoms with van der Waals surface area (Å²) in [5, 5.41) is 17.1. The standard InChI is InChI=1S/C47H54ClN9O7S/c1-47(2)12-10-33(40(26-47)31-4-6-34(48)7-5-31)28-54-18-20-56(21-19-54)36-8-9-39(42(23-36)64-37-22-32-11-13-49-45(32)50-27-37)46(58)52-65(61,62)38-24-41(57(59)60)44-43(25-38)63-30-35(51-44)29-55-16-14-53(3)15-17-55/h4-9,11,13,22-25,27,35,51H,10,12,14-21,26,28-30H2,1-3H3,(H,49,50)(H,52,58)/t35-/m0/s1. The molecule has 0 spiro atoms. The van der Waals surface area contributed by atoms with Crippen molar-refractivity contribution in [3.63, 3.8) is 0 Å². The lowest BCUT2D eigenvalue weighted by molar-refractivity contribution is -0.384. The molecule has 1 atom stereocenters. The maximum absolute atomic E-state index is 14.1. The fourth-order valence-corrected chi connectivity index (χ4v) is 10.4. The Kier molecular flexibility index (Phi) is 12.5. The number of aromatic nitrogens is 2. The van der Waals surface area contributed by atoms with Gasteiger partial charge in [-0.15, -0.1) is 0 Å². The fraction of sp³-hybridized carbons (Fsp3) is 0.404. The molecule has 16 nitrogen and oxygen atoms in total. The number of amides is 1. The van der Waals surface area contributed by atoms with E-state index in [9.17, 15) is 23.3 Å². The van der Waals surface area contributed by atoms with Gasteiger partial charge in [0.1, 0.15) is 23.8 Å². The van der Waals surface area contributed by atoms with Gasteiger partial charge in [-0.25, -0.2) is 18.1 Å². The lowest BCUT2D eigenvalue weighted by Gasteiger charge is -2.39. The third-order valence-corrected chi connectivity index (χ3v) is 14.6. The van der Waals surface area contributed by atoms with Gasteiger partial charge < -0.3 is 29.6 Å². The number of rotatable bonds is 12. The molecular weight excluding hydrogens is 870 g/mol. The fourth-order valence-electron chi connectivity index (χ4n) is 9.23. The van der Waals surface area contributed by atoms with Gasteiger partial charge in [0.25, 0.3) is 21.6 Å². The van der Waals surface area contributed by atoms with Crippen molar-refractivity contribution >= 4 is 61.2 Å². The largest absolute Gasteiger partial charge is 0.489 e. The van der Waals surface area contributed by atoms with Crippen LogP contribution in [0.1, 0.15) is 49.0 Å². The van der Waals surface area contributed by atoms with E-state index < -0.39 is 31.4 Å². The highest BCUT2D eigenvalue weighted by molar-refractivity contribution is 7.90. The first-order chi connectivity index (χ1) is 31.2. The summed E-state index contributed by atoms with van der Waals surface area (Å²) < 4.78 is 42.3. The van der Waals surface area contributed by atoms with E-state index in [-0.39, 0.29) is 40.8 Å². The smallest absolute Gasteiger partial charge is 0.297 e. The van der Waals surface area contributed by atoms with E-state index in [1.165, 1.54) is 29.0 Å². The number of allylic oxidation sites excluding steroid dienone is 1. The first-order valence-corrected chi connectivity index (χ1v) is 23.9. The minimum Gasteiger partial charge on any atom is -0.489 e. The van der Waals surface area contributed by atoms with Crippen molar-refractivity contribution in [2.24, 2.45) is 5.41 Å². The number of fused-ring (bicyclic) bond motifs is 2. The van der Waals surface area contributed by atoms with Crippen LogP contribution < -0.4 is 24.4 Å². The Morgan fingerprint density at radius 1 is 1.00 bits per heavy atom. The highest BCUT2D eigenvalue weighted by Crippen LogP contribution is 2.44. The third-order valence-electron chi connectivity index (χ3n) is 13.0. The van der Waals surface area contributed by atoms with Crippen molar-refractivity contribution in [2.75, 3.05) is 89.3 Å². The number of H-pyrrole nitrogens is 1. The van der Waals surface area contributed by atoms with Crippen molar-refractivity contribution < 1.29 is 27.6 Å². The van der Waals surface area contributed by atoms with Crippen LogP contribution in [0.25, 0.3) is 16.6 Å². The van der Waals surface area contributed by atoms with Crippen molar-refractivity contribution in [3.05, 3.63) is 111 Å². The van der Waals surface area contributed by atoms with Gasteiger partial charge in [0.05, 0.1) is 27.6 Å². The minimum absolute atomic E-state index is 0.0178. The summed E-state index contributed by atoms with van der Waals surface area (Å²) in [4.78, 5) is 42.0. The molecule has 65 heavy (non-hydrogen) atoms. The Morgan fingerprint density at radius 3 is 2.51 bits per heavy atom. The molecule has 18 heteroatoms. The van der Waals surface area contributed by atoms with E-state index in [1.54, 1.807) is 30.5 Å². The van der Waals surface area contributed by atoms with Gasteiger partial charge in [-0.2, -0.15) is 0 Å². The van der Waals surface area contributed by atoms with E-state index in [0.29, 0.717) is 17.9 Å². The zero-order chi connectivity index (χ0) is 45.5. The number of nitrogens with zero attached hydrogens (tertiary/aromatic N) is 6. The molecule has 5 aromatic rings. The molecule has 2 aromatic heterocycles. The number of nitro groups is 1. The van der Waals surface area contributed by atoms with E-state index in [2.05, 4.69) is 72.6 Å². The molecule has 3 N–H and O–H groups in total. The number of carbonyl (C=O) groups is 1. The van der Waals surface area contributed by atoms with Crippen LogP contribution in [-0.4, -0.2) is 129 Å². The predicted octanol–water partition coefficient (Wildman–Crippen LogP) is 7.24. The quantitative estimate of drug-likeness (QED) is 0.0844. The molecular formula is C47H54ClN9O7S. The summed E-state index contributed by atoms with van der Waals surface area (Å²) in [5.74, 6) is -0.493. The second kappa shape index (κ2) is 18.3. The number of halogens is 1. The Balaban J connectivity index is 0.933. The third kappa shape index (κ3) is 10.1. The van der Waals surface area contributed by atoms with Crippen molar-refractivity contribution in [3.8, 4) is 17.2 Å². The molecule has 2 saturated heterocycles. The molecule has 3 aliphatic heterocycles. The average Bonchev–Trinajstić information content (AvgIpc) is 3.76. The van der Waals surface area contributed by atoms with E-state index in [4.69, 9.17) is 21.1 Å². The highest BCUT2D eigenvalue weighted by atomic mass is 35.5. The molecule has 5 heterocycles. The number of hydrogen-bond acceptors (Lipinski definition) is 13. The van der Waals surface area contributed by atoms with E-state index in [1.807, 2.05) is 18.2 Å². The van der Waals surface area contributed by atoms with Gasteiger partial charge in [-0.05, 0) is 79.3 Å². The second-order valence-corrected chi connectivity index (χ2v) is 20.4. The van der Waals surface area contributed by atoms with Crippen molar-refractivity contribution in [1.82, 2.24) is 29.4 Å². The number of anilines is 2. The summed E-state index contributed by atoms with van der Waals surface area (Å²) in [7, 11) is -2.58. The molecule has 2 fully saturated rings. The van der Waals surface area contributed by atoms with E-state index >= 15 is 0 Å². The number of aromatic amines is 1. The number of likely N-dealkylation sites (N-methyl/N-ethyl adjacent to an activating group) is 1. The van der Waals surface area contributed by atoms with Crippen molar-refractivity contribution in [1.29, 1.82) is 0 Å². The predicted molar refractivity (Wildman–Crippen MR) is 252 cm³/mol. The van der Waals surface area contributed by atoms with Crippen LogP contribution in [0.4, 0.5) is 17.1 Å². The minimum atomic E-state index is -4.65. The molecule has 0 bridgehead atoms. The number of carbonyl (C=O) groups excluding carboxylic acids is 1.